The molecule has 0 saturated carbocycles. The van der Waals surface area contributed by atoms with Crippen molar-refractivity contribution in [2.75, 3.05) is 47.5 Å². The van der Waals surface area contributed by atoms with Crippen molar-refractivity contribution >= 4 is 19.8 Å². The molecule has 0 radical (unpaired) electrons. The van der Waals surface area contributed by atoms with Crippen LogP contribution in [-0.2, 0) is 32.7 Å². The van der Waals surface area contributed by atoms with Gasteiger partial charge in [0, 0.05) is 12.8 Å². The van der Waals surface area contributed by atoms with Crippen molar-refractivity contribution in [2.24, 2.45) is 0 Å². The highest BCUT2D eigenvalue weighted by molar-refractivity contribution is 7.47. The SMILES string of the molecule is CCCCCCC/C=C\C/C=C\CCCCCCCCCCCCCCCCCCCCCCCCCCCC(=O)OC(COC(=O)CCCCCCCCCCCCCCCCC)COP(=O)(O)OCC[N+](C)(C)C. The van der Waals surface area contributed by atoms with E-state index in [0.29, 0.717) is 17.4 Å². The molecule has 0 aliphatic carbocycles. The number of rotatable bonds is 62. The van der Waals surface area contributed by atoms with Crippen molar-refractivity contribution in [1.82, 2.24) is 0 Å². The molecule has 1 N–H and O–H groups in total. The van der Waals surface area contributed by atoms with Crippen molar-refractivity contribution in [2.45, 2.75) is 341 Å². The number of ether oxygens (including phenoxy) is 2. The molecule has 0 fully saturated rings. The van der Waals surface area contributed by atoms with Crippen LogP contribution < -0.4 is 0 Å². The molecule has 0 aromatic rings. The highest BCUT2D eigenvalue weighted by Crippen LogP contribution is 2.43. The van der Waals surface area contributed by atoms with Crippen LogP contribution in [0.25, 0.3) is 0 Å². The van der Waals surface area contributed by atoms with Gasteiger partial charge in [-0.3, -0.25) is 18.6 Å². The van der Waals surface area contributed by atoms with Gasteiger partial charge in [0.2, 0.25) is 0 Å². The van der Waals surface area contributed by atoms with Crippen LogP contribution in [0.1, 0.15) is 335 Å². The van der Waals surface area contributed by atoms with Crippen molar-refractivity contribution in [1.29, 1.82) is 0 Å². The van der Waals surface area contributed by atoms with Crippen LogP contribution in [0.3, 0.4) is 0 Å². The van der Waals surface area contributed by atoms with Crippen molar-refractivity contribution in [3.63, 3.8) is 0 Å². The third kappa shape index (κ3) is 61.7. The number of hydrogen-bond acceptors (Lipinski definition) is 7. The molecule has 0 aromatic carbocycles. The minimum Gasteiger partial charge on any atom is -0.462 e. The monoisotopic (exact) mass is 1090 g/mol. The third-order valence-electron chi connectivity index (χ3n) is 15.0. The number of phosphoric acid groups is 1. The minimum absolute atomic E-state index is 0.0361. The van der Waals surface area contributed by atoms with Gasteiger partial charge in [0.25, 0.3) is 0 Å². The van der Waals surface area contributed by atoms with E-state index in [4.69, 9.17) is 18.5 Å². The zero-order chi connectivity index (χ0) is 55.6. The lowest BCUT2D eigenvalue weighted by molar-refractivity contribution is -0.870. The maximum Gasteiger partial charge on any atom is 0.472 e. The normalized spacial score (nSPS) is 13.3. The summed E-state index contributed by atoms with van der Waals surface area (Å²) in [5, 5.41) is 0. The first kappa shape index (κ1) is 74.5. The van der Waals surface area contributed by atoms with Crippen molar-refractivity contribution in [3.8, 4) is 0 Å². The molecule has 2 unspecified atom stereocenters. The lowest BCUT2D eigenvalue weighted by Gasteiger charge is -2.24. The van der Waals surface area contributed by atoms with E-state index in [2.05, 4.69) is 38.2 Å². The number of hydrogen-bond donors (Lipinski definition) is 1. The number of quaternary nitrogens is 1. The second kappa shape index (κ2) is 58.2. The Morgan fingerprint density at radius 2 is 0.711 bits per heavy atom. The second-order valence-corrected chi connectivity index (χ2v) is 25.3. The summed E-state index contributed by atoms with van der Waals surface area (Å²) in [4.78, 5) is 35.7. The Balaban J connectivity index is 3.90. The van der Waals surface area contributed by atoms with Crippen LogP contribution in [-0.4, -0.2) is 74.9 Å². The van der Waals surface area contributed by atoms with Crippen LogP contribution >= 0.6 is 7.82 Å². The van der Waals surface area contributed by atoms with E-state index in [-0.39, 0.29) is 25.6 Å². The van der Waals surface area contributed by atoms with E-state index in [1.807, 2.05) is 21.1 Å². The van der Waals surface area contributed by atoms with E-state index < -0.39 is 26.5 Å². The van der Waals surface area contributed by atoms with Gasteiger partial charge in [0.05, 0.1) is 27.7 Å². The van der Waals surface area contributed by atoms with Gasteiger partial charge >= 0.3 is 19.8 Å². The molecule has 0 amide bonds. The Kier molecular flexibility index (Phi) is 57.0. The average molecular weight is 1100 g/mol. The first-order valence-corrected chi connectivity index (χ1v) is 34.6. The van der Waals surface area contributed by atoms with Gasteiger partial charge in [-0.15, -0.1) is 0 Å². The molecular weight excluding hydrogens is 966 g/mol. The predicted molar refractivity (Wildman–Crippen MR) is 326 cm³/mol. The number of phosphoric ester groups is 1. The number of nitrogens with zero attached hydrogens (tertiary/aromatic N) is 1. The minimum atomic E-state index is -4.38. The number of unbranched alkanes of at least 4 members (excludes halogenated alkanes) is 44. The number of esters is 2. The van der Waals surface area contributed by atoms with Gasteiger partial charge in [-0.25, -0.2) is 4.57 Å². The molecule has 0 aliphatic heterocycles. The molecule has 0 aliphatic rings. The Bertz CT molecular complexity index is 1330. The van der Waals surface area contributed by atoms with Gasteiger partial charge in [-0.1, -0.05) is 301 Å². The van der Waals surface area contributed by atoms with Crippen LogP contribution in [0.5, 0.6) is 0 Å². The van der Waals surface area contributed by atoms with Crippen LogP contribution in [0.4, 0.5) is 0 Å². The molecule has 0 heterocycles. The summed E-state index contributed by atoms with van der Waals surface area (Å²) in [5.41, 5.74) is 0. The van der Waals surface area contributed by atoms with Crippen molar-refractivity contribution in [3.05, 3.63) is 24.3 Å². The molecule has 450 valence electrons. The summed E-state index contributed by atoms with van der Waals surface area (Å²) in [6.45, 7) is 4.48. The lowest BCUT2D eigenvalue weighted by Crippen LogP contribution is -2.37. The van der Waals surface area contributed by atoms with Crippen LogP contribution in [0.2, 0.25) is 0 Å². The average Bonchev–Trinajstić information content (AvgIpc) is 3.38. The summed E-state index contributed by atoms with van der Waals surface area (Å²) in [7, 11) is 1.50. The van der Waals surface area contributed by atoms with E-state index in [1.165, 1.54) is 263 Å². The van der Waals surface area contributed by atoms with Crippen LogP contribution in [0.15, 0.2) is 24.3 Å². The Labute approximate surface area is 472 Å². The van der Waals surface area contributed by atoms with E-state index >= 15 is 0 Å². The summed E-state index contributed by atoms with van der Waals surface area (Å²) in [6, 6.07) is 0. The lowest BCUT2D eigenvalue weighted by atomic mass is 10.0. The number of likely N-dealkylation sites (N-methyl/N-ethyl adjacent to an activating group) is 1. The fraction of sp³-hybridized carbons (Fsp3) is 0.909. The van der Waals surface area contributed by atoms with Crippen molar-refractivity contribution < 1.29 is 42.1 Å². The smallest absolute Gasteiger partial charge is 0.462 e. The van der Waals surface area contributed by atoms with E-state index in [9.17, 15) is 19.0 Å². The Morgan fingerprint density at radius 1 is 0.408 bits per heavy atom. The standard InChI is InChI=1S/C66H128NO8P/c1-6-8-10-12-14-16-18-20-22-23-24-25-26-27-28-29-30-31-32-33-34-35-36-37-38-39-40-41-42-43-45-47-49-51-53-55-57-59-66(69)75-64(63-74-76(70,71)73-61-60-67(3,4)5)62-72-65(68)58-56-54-52-50-48-46-44-21-19-17-15-13-11-9-7-2/h18,20,23-24,64H,6-17,19,21-22,25-63H2,1-5H3/p+1/b20-18-,24-23-. The quantitative estimate of drug-likeness (QED) is 0.0211. The third-order valence-corrected chi connectivity index (χ3v) is 16.0. The molecule has 10 heteroatoms. The summed E-state index contributed by atoms with van der Waals surface area (Å²) >= 11 is 0. The number of allylic oxidation sites excluding steroid dienone is 4. The molecule has 0 bridgehead atoms. The highest BCUT2D eigenvalue weighted by atomic mass is 31.2. The van der Waals surface area contributed by atoms with E-state index in [1.54, 1.807) is 0 Å². The largest absolute Gasteiger partial charge is 0.472 e. The zero-order valence-corrected chi connectivity index (χ0v) is 52.2. The Hall–Kier alpha value is -1.51. The molecule has 0 saturated heterocycles. The molecule has 0 rings (SSSR count). The first-order valence-electron chi connectivity index (χ1n) is 33.1. The van der Waals surface area contributed by atoms with Gasteiger partial charge < -0.3 is 18.9 Å². The molecule has 0 aromatic heterocycles. The fourth-order valence-corrected chi connectivity index (χ4v) is 10.6. The molecule has 9 nitrogen and oxygen atoms in total. The van der Waals surface area contributed by atoms with Gasteiger partial charge in [0.15, 0.2) is 6.10 Å². The molecular formula is C66H129NO8P+. The summed E-state index contributed by atoms with van der Waals surface area (Å²) in [5.74, 6) is -0.776. The second-order valence-electron chi connectivity index (χ2n) is 23.9. The Morgan fingerprint density at radius 3 is 1.04 bits per heavy atom. The maximum absolute atomic E-state index is 12.8. The van der Waals surface area contributed by atoms with Gasteiger partial charge in [0.1, 0.15) is 19.8 Å². The van der Waals surface area contributed by atoms with Gasteiger partial charge in [-0.2, -0.15) is 0 Å². The first-order chi connectivity index (χ1) is 37.0. The molecule has 2 atom stereocenters. The molecule has 0 spiro atoms. The fourth-order valence-electron chi connectivity index (χ4n) is 9.87. The summed E-state index contributed by atoms with van der Waals surface area (Å²) < 4.78 is 34.6. The maximum atomic E-state index is 12.8. The zero-order valence-electron chi connectivity index (χ0n) is 51.3. The van der Waals surface area contributed by atoms with Crippen LogP contribution in [0, 0.1) is 0 Å². The van der Waals surface area contributed by atoms with E-state index in [0.717, 1.165) is 44.9 Å². The van der Waals surface area contributed by atoms with Gasteiger partial charge in [-0.05, 0) is 44.9 Å². The topological polar surface area (TPSA) is 108 Å². The number of carbonyl (C=O) groups excluding carboxylic acids is 2. The summed E-state index contributed by atoms with van der Waals surface area (Å²) in [6.07, 6.45) is 71.4. The number of carbonyl (C=O) groups is 2. The molecule has 76 heavy (non-hydrogen) atoms. The predicted octanol–water partition coefficient (Wildman–Crippen LogP) is 20.9. The highest BCUT2D eigenvalue weighted by Gasteiger charge is 2.27.